The number of hydrogen-bond acceptors (Lipinski definition) is 3. The number of carbonyl (C=O) groups is 1. The Morgan fingerprint density at radius 3 is 2.86 bits per heavy atom. The van der Waals surface area contributed by atoms with Crippen LogP contribution in [0.25, 0.3) is 0 Å². The predicted octanol–water partition coefficient (Wildman–Crippen LogP) is 4.29. The molecule has 1 aliphatic carbocycles. The van der Waals surface area contributed by atoms with E-state index < -0.39 is 0 Å². The van der Waals surface area contributed by atoms with Crippen LogP contribution in [0.2, 0.25) is 4.34 Å². The van der Waals surface area contributed by atoms with Crippen molar-refractivity contribution >= 4 is 28.8 Å². The lowest BCUT2D eigenvalue weighted by Crippen LogP contribution is -2.36. The second-order valence-corrected chi connectivity index (χ2v) is 6.62. The quantitative estimate of drug-likeness (QED) is 0.812. The molecule has 1 amide bonds. The van der Waals surface area contributed by atoms with E-state index in [1.165, 1.54) is 18.4 Å². The van der Waals surface area contributed by atoms with Crippen LogP contribution < -0.4 is 0 Å². The molecule has 0 saturated carbocycles. The van der Waals surface area contributed by atoms with Crippen LogP contribution in [0, 0.1) is 0 Å². The highest BCUT2D eigenvalue weighted by atomic mass is 35.5. The Bertz CT molecular complexity index is 704. The second kappa shape index (κ2) is 5.31. The van der Waals surface area contributed by atoms with Gasteiger partial charge in [0, 0.05) is 12.1 Å². The molecule has 0 saturated heterocycles. The third kappa shape index (κ3) is 2.40. The molecule has 3 rings (SSSR count). The molecule has 2 heterocycles. The van der Waals surface area contributed by atoms with E-state index in [-0.39, 0.29) is 30.0 Å². The molecule has 1 atom stereocenters. The van der Waals surface area contributed by atoms with Gasteiger partial charge >= 0.3 is 0 Å². The number of thiophene rings is 1. The van der Waals surface area contributed by atoms with Crippen LogP contribution >= 0.6 is 22.9 Å². The van der Waals surface area contributed by atoms with E-state index in [1.54, 1.807) is 23.1 Å². The van der Waals surface area contributed by atoms with Gasteiger partial charge in [-0.05, 0) is 36.8 Å². The first-order valence-corrected chi connectivity index (χ1v) is 7.62. The zero-order chi connectivity index (χ0) is 15.1. The summed E-state index contributed by atoms with van der Waals surface area (Å²) in [6.07, 6.45) is 3.68. The molecular weight excluding hydrogens is 313 g/mol. The Labute approximate surface area is 131 Å². The van der Waals surface area contributed by atoms with Crippen LogP contribution in [-0.4, -0.2) is 24.0 Å². The largest absolute Gasteiger partial charge is 0.494 e. The zero-order valence-electron chi connectivity index (χ0n) is 11.5. The number of rotatable bonds is 2. The number of amides is 1. The van der Waals surface area contributed by atoms with E-state index in [4.69, 9.17) is 16.3 Å². The minimum atomic E-state index is -0.337. The van der Waals surface area contributed by atoms with E-state index in [1.807, 2.05) is 13.0 Å². The molecular formula is C15H13ClFNO2S. The van der Waals surface area contributed by atoms with Gasteiger partial charge in [0.25, 0.3) is 5.91 Å². The van der Waals surface area contributed by atoms with Crippen LogP contribution in [-0.2, 0) is 4.74 Å². The first-order valence-electron chi connectivity index (χ1n) is 6.42. The number of methoxy groups -OCH3 is 1. The van der Waals surface area contributed by atoms with Crippen molar-refractivity contribution in [2.45, 2.75) is 19.4 Å². The lowest BCUT2D eigenvalue weighted by atomic mass is 9.98. The average molecular weight is 326 g/mol. The second-order valence-electron chi connectivity index (χ2n) is 4.90. The van der Waals surface area contributed by atoms with Gasteiger partial charge in [0.1, 0.15) is 5.83 Å². The Hall–Kier alpha value is -1.59. The van der Waals surface area contributed by atoms with Gasteiger partial charge in [-0.2, -0.15) is 0 Å². The molecule has 1 unspecified atom stereocenters. The normalized spacial score (nSPS) is 21.1. The molecule has 6 heteroatoms. The van der Waals surface area contributed by atoms with Crippen LogP contribution in [0.5, 0.6) is 0 Å². The van der Waals surface area contributed by atoms with E-state index in [9.17, 15) is 9.18 Å². The molecule has 1 aromatic rings. The molecule has 21 heavy (non-hydrogen) atoms. The van der Waals surface area contributed by atoms with E-state index in [0.717, 1.165) is 11.3 Å². The first kappa shape index (κ1) is 14.4. The van der Waals surface area contributed by atoms with Crippen LogP contribution in [0.3, 0.4) is 0 Å². The van der Waals surface area contributed by atoms with Crippen molar-refractivity contribution < 1.29 is 13.9 Å². The van der Waals surface area contributed by atoms with Crippen molar-refractivity contribution in [3.63, 3.8) is 0 Å². The zero-order valence-corrected chi connectivity index (χ0v) is 13.1. The smallest absolute Gasteiger partial charge is 0.268 e. The molecule has 2 aliphatic rings. The molecule has 0 fully saturated rings. The topological polar surface area (TPSA) is 29.5 Å². The maximum absolute atomic E-state index is 14.0. The van der Waals surface area contributed by atoms with E-state index in [0.29, 0.717) is 9.21 Å². The van der Waals surface area contributed by atoms with E-state index in [2.05, 4.69) is 0 Å². The van der Waals surface area contributed by atoms with Crippen molar-refractivity contribution in [2.75, 3.05) is 7.11 Å². The predicted molar refractivity (Wildman–Crippen MR) is 80.9 cm³/mol. The summed E-state index contributed by atoms with van der Waals surface area (Å²) in [7, 11) is 1.44. The van der Waals surface area contributed by atoms with Gasteiger partial charge in [0.15, 0.2) is 5.76 Å². The van der Waals surface area contributed by atoms with Crippen LogP contribution in [0.4, 0.5) is 4.39 Å². The van der Waals surface area contributed by atoms with Gasteiger partial charge in [0.05, 0.1) is 22.4 Å². The SMILES string of the molecule is COC1=C(F)CC2C(=C1)C=C(C)N2C(=O)c1ccc(Cl)s1. The fourth-order valence-corrected chi connectivity index (χ4v) is 3.65. The molecule has 0 aromatic carbocycles. The molecule has 3 nitrogen and oxygen atoms in total. The molecule has 0 N–H and O–H groups in total. The average Bonchev–Trinajstić information content (AvgIpc) is 3.00. The molecule has 0 bridgehead atoms. The van der Waals surface area contributed by atoms with Gasteiger partial charge in [-0.3, -0.25) is 4.79 Å². The summed E-state index contributed by atoms with van der Waals surface area (Å²) in [6, 6.07) is 3.08. The summed E-state index contributed by atoms with van der Waals surface area (Å²) in [5.41, 5.74) is 1.69. The standard InChI is InChI=1S/C15H13ClFNO2S/c1-8-5-9-6-12(20-2)10(17)7-11(9)18(8)15(19)13-3-4-14(16)21-13/h3-6,11H,7H2,1-2H3. The number of halogens is 2. The summed E-state index contributed by atoms with van der Waals surface area (Å²) in [5.74, 6) is -0.252. The molecule has 0 spiro atoms. The van der Waals surface area contributed by atoms with Crippen molar-refractivity contribution in [3.05, 3.63) is 56.4 Å². The van der Waals surface area contributed by atoms with Gasteiger partial charge in [-0.1, -0.05) is 11.6 Å². The Balaban J connectivity index is 1.93. The fourth-order valence-electron chi connectivity index (χ4n) is 2.67. The van der Waals surface area contributed by atoms with Crippen molar-refractivity contribution in [2.24, 2.45) is 0 Å². The molecule has 0 radical (unpaired) electrons. The minimum Gasteiger partial charge on any atom is -0.494 e. The summed E-state index contributed by atoms with van der Waals surface area (Å²) >= 11 is 7.11. The highest BCUT2D eigenvalue weighted by molar-refractivity contribution is 7.18. The third-order valence-electron chi connectivity index (χ3n) is 3.61. The number of hydrogen-bond donors (Lipinski definition) is 0. The third-order valence-corrected chi connectivity index (χ3v) is 4.83. The highest BCUT2D eigenvalue weighted by Gasteiger charge is 2.37. The number of ether oxygens (including phenoxy) is 1. The van der Waals surface area contributed by atoms with Crippen molar-refractivity contribution in [1.29, 1.82) is 0 Å². The minimum absolute atomic E-state index is 0.133. The number of allylic oxidation sites excluding steroid dienone is 2. The summed E-state index contributed by atoms with van der Waals surface area (Å²) in [6.45, 7) is 1.84. The lowest BCUT2D eigenvalue weighted by molar-refractivity contribution is 0.0780. The monoisotopic (exact) mass is 325 g/mol. The first-order chi connectivity index (χ1) is 10.0. The van der Waals surface area contributed by atoms with Gasteiger partial charge in [0.2, 0.25) is 0 Å². The van der Waals surface area contributed by atoms with E-state index >= 15 is 0 Å². The maximum Gasteiger partial charge on any atom is 0.268 e. The molecule has 1 aliphatic heterocycles. The van der Waals surface area contributed by atoms with Crippen molar-refractivity contribution in [3.8, 4) is 0 Å². The summed E-state index contributed by atoms with van der Waals surface area (Å²) < 4.78 is 19.6. The number of nitrogens with zero attached hydrogens (tertiary/aromatic N) is 1. The highest BCUT2D eigenvalue weighted by Crippen LogP contribution is 2.38. The Morgan fingerprint density at radius 1 is 1.48 bits per heavy atom. The lowest BCUT2D eigenvalue weighted by Gasteiger charge is -2.28. The Morgan fingerprint density at radius 2 is 2.24 bits per heavy atom. The van der Waals surface area contributed by atoms with Crippen LogP contribution in [0.15, 0.2) is 47.1 Å². The number of carbonyl (C=O) groups excluding carboxylic acids is 1. The molecule has 1 aromatic heterocycles. The van der Waals surface area contributed by atoms with Gasteiger partial charge in [-0.25, -0.2) is 4.39 Å². The summed E-state index contributed by atoms with van der Waals surface area (Å²) in [4.78, 5) is 14.8. The van der Waals surface area contributed by atoms with Gasteiger partial charge < -0.3 is 9.64 Å². The van der Waals surface area contributed by atoms with Crippen molar-refractivity contribution in [1.82, 2.24) is 4.90 Å². The van der Waals surface area contributed by atoms with Crippen LogP contribution in [0.1, 0.15) is 23.0 Å². The Kier molecular flexibility index (Phi) is 3.63. The van der Waals surface area contributed by atoms with Gasteiger partial charge in [-0.15, -0.1) is 11.3 Å². The molecule has 110 valence electrons. The summed E-state index contributed by atoms with van der Waals surface area (Å²) in [5, 5.41) is 0. The fraction of sp³-hybridized carbons (Fsp3) is 0.267. The maximum atomic E-state index is 14.0. The number of fused-ring (bicyclic) bond motifs is 1.